The van der Waals surface area contributed by atoms with Gasteiger partial charge in [0.05, 0.1) is 13.2 Å². The molecule has 1 unspecified atom stereocenters. The van der Waals surface area contributed by atoms with E-state index in [1.807, 2.05) is 6.92 Å². The molecule has 2 nitrogen and oxygen atoms in total. The topological polar surface area (TPSA) is 40.5 Å². The van der Waals surface area contributed by atoms with Gasteiger partial charge >= 0.3 is 0 Å². The molecule has 1 atom stereocenters. The van der Waals surface area contributed by atoms with E-state index in [9.17, 15) is 10.2 Å². The van der Waals surface area contributed by atoms with Crippen LogP contribution in [0.3, 0.4) is 0 Å². The van der Waals surface area contributed by atoms with E-state index in [0.29, 0.717) is 5.92 Å². The van der Waals surface area contributed by atoms with E-state index in [1.54, 1.807) is 0 Å². The van der Waals surface area contributed by atoms with Crippen molar-refractivity contribution in [2.45, 2.75) is 52.9 Å². The number of aliphatic hydroxyl groups is 2. The SMILES string of the molecule is CCCCC(CC)CC(C)(CO)CO. The molecule has 2 heteroatoms. The third-order valence-corrected chi connectivity index (χ3v) is 3.09. The van der Waals surface area contributed by atoms with Gasteiger partial charge in [0, 0.05) is 5.41 Å². The van der Waals surface area contributed by atoms with Crippen LogP contribution in [-0.2, 0) is 0 Å². The van der Waals surface area contributed by atoms with Gasteiger partial charge in [0.15, 0.2) is 0 Å². The molecule has 0 aliphatic heterocycles. The van der Waals surface area contributed by atoms with Gasteiger partial charge in [0.25, 0.3) is 0 Å². The lowest BCUT2D eigenvalue weighted by molar-refractivity contribution is 0.0462. The Bertz CT molecular complexity index is 130. The maximum atomic E-state index is 9.20. The quantitative estimate of drug-likeness (QED) is 0.635. The van der Waals surface area contributed by atoms with Gasteiger partial charge < -0.3 is 10.2 Å². The maximum absolute atomic E-state index is 9.20. The third-order valence-electron chi connectivity index (χ3n) is 3.09. The van der Waals surface area contributed by atoms with Gasteiger partial charge in [-0.1, -0.05) is 46.5 Å². The van der Waals surface area contributed by atoms with Crippen molar-refractivity contribution < 1.29 is 10.2 Å². The van der Waals surface area contributed by atoms with Gasteiger partial charge in [-0.3, -0.25) is 0 Å². The van der Waals surface area contributed by atoms with E-state index >= 15 is 0 Å². The number of hydrogen-bond acceptors (Lipinski definition) is 2. The molecule has 86 valence electrons. The van der Waals surface area contributed by atoms with E-state index in [2.05, 4.69) is 13.8 Å². The summed E-state index contributed by atoms with van der Waals surface area (Å²) in [6.45, 7) is 6.53. The Labute approximate surface area is 88.3 Å². The van der Waals surface area contributed by atoms with Crippen LogP contribution in [0.2, 0.25) is 0 Å². The molecule has 0 bridgehead atoms. The van der Waals surface area contributed by atoms with Crippen molar-refractivity contribution in [1.29, 1.82) is 0 Å². The summed E-state index contributed by atoms with van der Waals surface area (Å²) in [5, 5.41) is 18.4. The summed E-state index contributed by atoms with van der Waals surface area (Å²) < 4.78 is 0. The molecule has 0 aliphatic rings. The molecule has 0 aliphatic carbocycles. The Balaban J connectivity index is 4.00. The summed E-state index contributed by atoms with van der Waals surface area (Å²) in [4.78, 5) is 0. The number of rotatable bonds is 8. The van der Waals surface area contributed by atoms with Gasteiger partial charge in [0.1, 0.15) is 0 Å². The Hall–Kier alpha value is -0.0800. The Morgan fingerprint density at radius 2 is 1.71 bits per heavy atom. The van der Waals surface area contributed by atoms with Crippen LogP contribution in [0.25, 0.3) is 0 Å². The molecular weight excluding hydrogens is 176 g/mol. The van der Waals surface area contributed by atoms with Crippen LogP contribution in [-0.4, -0.2) is 23.4 Å². The second kappa shape index (κ2) is 7.24. The fourth-order valence-corrected chi connectivity index (χ4v) is 1.82. The highest BCUT2D eigenvalue weighted by atomic mass is 16.3. The molecule has 0 spiro atoms. The first kappa shape index (κ1) is 13.9. The second-order valence-corrected chi connectivity index (χ2v) is 4.75. The molecular formula is C12H26O2. The molecule has 0 rings (SSSR count). The van der Waals surface area contributed by atoms with Gasteiger partial charge in [-0.15, -0.1) is 0 Å². The fourth-order valence-electron chi connectivity index (χ4n) is 1.82. The van der Waals surface area contributed by atoms with E-state index < -0.39 is 0 Å². The zero-order valence-electron chi connectivity index (χ0n) is 9.92. The third kappa shape index (κ3) is 4.97. The van der Waals surface area contributed by atoms with Gasteiger partial charge in [-0.05, 0) is 12.3 Å². The predicted molar refractivity (Wildman–Crippen MR) is 60.2 cm³/mol. The zero-order valence-corrected chi connectivity index (χ0v) is 9.92. The highest BCUT2D eigenvalue weighted by molar-refractivity contribution is 4.76. The molecule has 0 radical (unpaired) electrons. The molecule has 0 saturated carbocycles. The fraction of sp³-hybridized carbons (Fsp3) is 1.00. The summed E-state index contributed by atoms with van der Waals surface area (Å²) in [7, 11) is 0. The summed E-state index contributed by atoms with van der Waals surface area (Å²) in [6.07, 6.45) is 5.80. The van der Waals surface area contributed by atoms with E-state index in [0.717, 1.165) is 12.8 Å². The molecule has 0 aromatic rings. The van der Waals surface area contributed by atoms with Crippen molar-refractivity contribution in [3.63, 3.8) is 0 Å². The van der Waals surface area contributed by atoms with Crippen molar-refractivity contribution in [2.24, 2.45) is 11.3 Å². The van der Waals surface area contributed by atoms with Crippen LogP contribution in [0.4, 0.5) is 0 Å². The molecule has 0 fully saturated rings. The zero-order chi connectivity index (χ0) is 11.0. The maximum Gasteiger partial charge on any atom is 0.0506 e. The first-order valence-corrected chi connectivity index (χ1v) is 5.83. The van der Waals surface area contributed by atoms with Gasteiger partial charge in [-0.25, -0.2) is 0 Å². The minimum atomic E-state index is -0.283. The van der Waals surface area contributed by atoms with Crippen molar-refractivity contribution in [1.82, 2.24) is 0 Å². The summed E-state index contributed by atoms with van der Waals surface area (Å²) in [6, 6.07) is 0. The Morgan fingerprint density at radius 1 is 1.14 bits per heavy atom. The summed E-state index contributed by atoms with van der Waals surface area (Å²) >= 11 is 0. The molecule has 0 heterocycles. The monoisotopic (exact) mass is 202 g/mol. The van der Waals surface area contributed by atoms with Crippen LogP contribution in [0.1, 0.15) is 52.9 Å². The van der Waals surface area contributed by atoms with Gasteiger partial charge in [-0.2, -0.15) is 0 Å². The van der Waals surface area contributed by atoms with Crippen molar-refractivity contribution >= 4 is 0 Å². The molecule has 0 aromatic carbocycles. The first-order chi connectivity index (χ1) is 6.61. The van der Waals surface area contributed by atoms with Crippen LogP contribution >= 0.6 is 0 Å². The number of unbranched alkanes of at least 4 members (excludes halogenated alkanes) is 1. The molecule has 14 heavy (non-hydrogen) atoms. The molecule has 0 aromatic heterocycles. The second-order valence-electron chi connectivity index (χ2n) is 4.75. The highest BCUT2D eigenvalue weighted by Gasteiger charge is 2.25. The first-order valence-electron chi connectivity index (χ1n) is 5.83. The summed E-state index contributed by atoms with van der Waals surface area (Å²) in [5.74, 6) is 0.652. The minimum absolute atomic E-state index is 0.0894. The molecule has 2 N–H and O–H groups in total. The average Bonchev–Trinajstić information content (AvgIpc) is 2.23. The van der Waals surface area contributed by atoms with E-state index in [-0.39, 0.29) is 18.6 Å². The van der Waals surface area contributed by atoms with Crippen molar-refractivity contribution in [3.8, 4) is 0 Å². The van der Waals surface area contributed by atoms with E-state index in [1.165, 1.54) is 19.3 Å². The van der Waals surface area contributed by atoms with Gasteiger partial charge in [0.2, 0.25) is 0 Å². The van der Waals surface area contributed by atoms with Crippen LogP contribution in [0, 0.1) is 11.3 Å². The Kier molecular flexibility index (Phi) is 7.20. The lowest BCUT2D eigenvalue weighted by atomic mass is 9.79. The van der Waals surface area contributed by atoms with Crippen molar-refractivity contribution in [3.05, 3.63) is 0 Å². The average molecular weight is 202 g/mol. The predicted octanol–water partition coefficient (Wildman–Crippen LogP) is 2.58. The molecule has 0 saturated heterocycles. The van der Waals surface area contributed by atoms with Crippen molar-refractivity contribution in [2.75, 3.05) is 13.2 Å². The van der Waals surface area contributed by atoms with Crippen LogP contribution in [0.15, 0.2) is 0 Å². The largest absolute Gasteiger partial charge is 0.396 e. The highest BCUT2D eigenvalue weighted by Crippen LogP contribution is 2.29. The van der Waals surface area contributed by atoms with E-state index in [4.69, 9.17) is 0 Å². The number of aliphatic hydroxyl groups excluding tert-OH is 2. The minimum Gasteiger partial charge on any atom is -0.396 e. The van der Waals surface area contributed by atoms with Crippen LogP contribution < -0.4 is 0 Å². The number of hydrogen-bond donors (Lipinski definition) is 2. The lowest BCUT2D eigenvalue weighted by Crippen LogP contribution is -2.28. The van der Waals surface area contributed by atoms with Crippen LogP contribution in [0.5, 0.6) is 0 Å². The summed E-state index contributed by atoms with van der Waals surface area (Å²) in [5.41, 5.74) is -0.283. The lowest BCUT2D eigenvalue weighted by Gasteiger charge is -2.29. The standard InChI is InChI=1S/C12H26O2/c1-4-6-7-11(5-2)8-12(3,9-13)10-14/h11,13-14H,4-10H2,1-3H3. The Morgan fingerprint density at radius 3 is 2.07 bits per heavy atom. The normalized spacial score (nSPS) is 14.4. The smallest absolute Gasteiger partial charge is 0.0506 e. The molecule has 0 amide bonds.